The molecule has 1 aliphatic heterocycles. The molecule has 3 heteroatoms. The third-order valence-electron chi connectivity index (χ3n) is 4.35. The van der Waals surface area contributed by atoms with Crippen molar-refractivity contribution < 1.29 is 0 Å². The average Bonchev–Trinajstić information content (AvgIpc) is 2.38. The summed E-state index contributed by atoms with van der Waals surface area (Å²) in [4.78, 5) is 2.45. The van der Waals surface area contributed by atoms with E-state index in [9.17, 15) is 0 Å². The number of hydrogen-bond donors (Lipinski definition) is 2. The van der Waals surface area contributed by atoms with Gasteiger partial charge in [-0.15, -0.1) is 0 Å². The van der Waals surface area contributed by atoms with E-state index >= 15 is 0 Å². The summed E-state index contributed by atoms with van der Waals surface area (Å²) >= 11 is 0. The molecule has 0 aliphatic carbocycles. The molecule has 0 atom stereocenters. The molecular formula is C16H25N3. The minimum Gasteiger partial charge on any atom is -0.384 e. The SMILES string of the molecule is Cc1cc(N2CCC(C(C)C)CC2)ccc1C(=N)N. The maximum atomic E-state index is 7.53. The minimum absolute atomic E-state index is 0.155. The van der Waals surface area contributed by atoms with Crippen LogP contribution in [0.25, 0.3) is 0 Å². The number of amidine groups is 1. The van der Waals surface area contributed by atoms with Crippen molar-refractivity contribution in [1.82, 2.24) is 0 Å². The Bertz CT molecular complexity index is 457. The van der Waals surface area contributed by atoms with E-state index in [4.69, 9.17) is 11.1 Å². The van der Waals surface area contributed by atoms with Gasteiger partial charge >= 0.3 is 0 Å². The molecule has 1 aliphatic rings. The van der Waals surface area contributed by atoms with E-state index < -0.39 is 0 Å². The highest BCUT2D eigenvalue weighted by Gasteiger charge is 2.21. The predicted octanol–water partition coefficient (Wildman–Crippen LogP) is 3.15. The van der Waals surface area contributed by atoms with Crippen molar-refractivity contribution in [1.29, 1.82) is 5.41 Å². The maximum absolute atomic E-state index is 7.53. The van der Waals surface area contributed by atoms with Crippen LogP contribution in [-0.4, -0.2) is 18.9 Å². The normalized spacial score (nSPS) is 16.9. The number of nitrogens with one attached hydrogen (secondary N) is 1. The first-order valence-electron chi connectivity index (χ1n) is 7.19. The second kappa shape index (κ2) is 5.64. The first-order valence-corrected chi connectivity index (χ1v) is 7.19. The fourth-order valence-electron chi connectivity index (χ4n) is 2.97. The highest BCUT2D eigenvalue weighted by atomic mass is 15.1. The lowest BCUT2D eigenvalue weighted by molar-refractivity contribution is 0.311. The van der Waals surface area contributed by atoms with Crippen LogP contribution >= 0.6 is 0 Å². The van der Waals surface area contributed by atoms with E-state index in [-0.39, 0.29) is 5.84 Å². The van der Waals surface area contributed by atoms with E-state index in [1.165, 1.54) is 18.5 Å². The summed E-state index contributed by atoms with van der Waals surface area (Å²) in [7, 11) is 0. The first-order chi connectivity index (χ1) is 8.99. The molecule has 0 amide bonds. The molecule has 1 saturated heterocycles. The third-order valence-corrected chi connectivity index (χ3v) is 4.35. The van der Waals surface area contributed by atoms with Crippen LogP contribution in [0.2, 0.25) is 0 Å². The zero-order valence-electron chi connectivity index (χ0n) is 12.2. The molecule has 1 aromatic rings. The lowest BCUT2D eigenvalue weighted by atomic mass is 9.86. The zero-order chi connectivity index (χ0) is 14.0. The van der Waals surface area contributed by atoms with Gasteiger partial charge in [0.2, 0.25) is 0 Å². The van der Waals surface area contributed by atoms with Crippen molar-refractivity contribution in [3.8, 4) is 0 Å². The molecule has 0 aromatic heterocycles. The van der Waals surface area contributed by atoms with Gasteiger partial charge < -0.3 is 10.6 Å². The minimum atomic E-state index is 0.155. The Labute approximate surface area is 116 Å². The molecular weight excluding hydrogens is 234 g/mol. The van der Waals surface area contributed by atoms with Gasteiger partial charge in [-0.25, -0.2) is 0 Å². The molecule has 19 heavy (non-hydrogen) atoms. The van der Waals surface area contributed by atoms with Crippen LogP contribution in [0.3, 0.4) is 0 Å². The van der Waals surface area contributed by atoms with Crippen molar-refractivity contribution in [2.45, 2.75) is 33.6 Å². The van der Waals surface area contributed by atoms with Gasteiger partial charge in [0.25, 0.3) is 0 Å². The second-order valence-corrected chi connectivity index (χ2v) is 5.98. The van der Waals surface area contributed by atoms with Gasteiger partial charge in [0.1, 0.15) is 5.84 Å². The van der Waals surface area contributed by atoms with Crippen LogP contribution in [0.4, 0.5) is 5.69 Å². The van der Waals surface area contributed by atoms with Crippen LogP contribution < -0.4 is 10.6 Å². The van der Waals surface area contributed by atoms with Crippen molar-refractivity contribution in [3.05, 3.63) is 29.3 Å². The Morgan fingerprint density at radius 3 is 2.42 bits per heavy atom. The molecule has 0 unspecified atom stereocenters. The largest absolute Gasteiger partial charge is 0.384 e. The fourth-order valence-corrected chi connectivity index (χ4v) is 2.97. The molecule has 0 bridgehead atoms. The molecule has 2 rings (SSSR count). The van der Waals surface area contributed by atoms with Crippen LogP contribution in [0.5, 0.6) is 0 Å². The number of piperidine rings is 1. The van der Waals surface area contributed by atoms with Gasteiger partial charge in [0, 0.05) is 24.3 Å². The lowest BCUT2D eigenvalue weighted by Gasteiger charge is -2.35. The van der Waals surface area contributed by atoms with E-state index in [0.717, 1.165) is 36.1 Å². The summed E-state index contributed by atoms with van der Waals surface area (Å²) < 4.78 is 0. The van der Waals surface area contributed by atoms with Crippen molar-refractivity contribution in [3.63, 3.8) is 0 Å². The molecule has 0 spiro atoms. The average molecular weight is 259 g/mol. The van der Waals surface area contributed by atoms with Gasteiger partial charge in [-0.3, -0.25) is 5.41 Å². The van der Waals surface area contributed by atoms with E-state index in [2.05, 4.69) is 30.9 Å². The number of rotatable bonds is 3. The third kappa shape index (κ3) is 3.09. The topological polar surface area (TPSA) is 53.1 Å². The molecule has 3 N–H and O–H groups in total. The van der Waals surface area contributed by atoms with E-state index in [1.54, 1.807) is 0 Å². The number of nitrogens with two attached hydrogens (primary N) is 1. The summed E-state index contributed by atoms with van der Waals surface area (Å²) in [6.45, 7) is 8.96. The van der Waals surface area contributed by atoms with Crippen molar-refractivity contribution in [2.24, 2.45) is 17.6 Å². The Morgan fingerprint density at radius 1 is 1.32 bits per heavy atom. The van der Waals surface area contributed by atoms with E-state index in [0.29, 0.717) is 0 Å². The highest BCUT2D eigenvalue weighted by Crippen LogP contribution is 2.28. The number of nitrogen functional groups attached to an aromatic ring is 1. The number of nitrogens with zero attached hydrogens (tertiary/aromatic N) is 1. The van der Waals surface area contributed by atoms with Crippen LogP contribution in [0.1, 0.15) is 37.8 Å². The number of benzene rings is 1. The number of hydrogen-bond acceptors (Lipinski definition) is 2. The van der Waals surface area contributed by atoms with Crippen LogP contribution in [0, 0.1) is 24.2 Å². The van der Waals surface area contributed by atoms with Gasteiger partial charge in [-0.2, -0.15) is 0 Å². The monoisotopic (exact) mass is 259 g/mol. The molecule has 1 aromatic carbocycles. The highest BCUT2D eigenvalue weighted by molar-refractivity contribution is 5.96. The molecule has 0 saturated carbocycles. The van der Waals surface area contributed by atoms with Crippen molar-refractivity contribution in [2.75, 3.05) is 18.0 Å². The van der Waals surface area contributed by atoms with Crippen molar-refractivity contribution >= 4 is 11.5 Å². The van der Waals surface area contributed by atoms with Gasteiger partial charge in [0.05, 0.1) is 0 Å². The maximum Gasteiger partial charge on any atom is 0.123 e. The number of anilines is 1. The zero-order valence-corrected chi connectivity index (χ0v) is 12.2. The quantitative estimate of drug-likeness (QED) is 0.647. The van der Waals surface area contributed by atoms with Crippen LogP contribution in [-0.2, 0) is 0 Å². The second-order valence-electron chi connectivity index (χ2n) is 5.98. The summed E-state index contributed by atoms with van der Waals surface area (Å²) in [5, 5.41) is 7.53. The molecule has 104 valence electrons. The fraction of sp³-hybridized carbons (Fsp3) is 0.562. The van der Waals surface area contributed by atoms with Crippen LogP contribution in [0.15, 0.2) is 18.2 Å². The summed E-state index contributed by atoms with van der Waals surface area (Å²) in [5.74, 6) is 1.82. The molecule has 1 fully saturated rings. The molecule has 1 heterocycles. The van der Waals surface area contributed by atoms with E-state index in [1.807, 2.05) is 13.0 Å². The Hall–Kier alpha value is -1.51. The van der Waals surface area contributed by atoms with Gasteiger partial charge in [-0.05, 0) is 55.4 Å². The summed E-state index contributed by atoms with van der Waals surface area (Å²) in [6.07, 6.45) is 2.57. The van der Waals surface area contributed by atoms with Gasteiger partial charge in [-0.1, -0.05) is 13.8 Å². The standard InChI is InChI=1S/C16H25N3/c1-11(2)13-6-8-19(9-7-13)14-4-5-15(16(17)18)12(3)10-14/h4-5,10-11,13H,6-9H2,1-3H3,(H3,17,18). The Kier molecular flexibility index (Phi) is 4.13. The molecule has 3 nitrogen and oxygen atoms in total. The molecule has 0 radical (unpaired) electrons. The lowest BCUT2D eigenvalue weighted by Crippen LogP contribution is -2.35. The summed E-state index contributed by atoms with van der Waals surface area (Å²) in [6, 6.07) is 6.23. The predicted molar refractivity (Wildman–Crippen MR) is 82.0 cm³/mol. The van der Waals surface area contributed by atoms with Gasteiger partial charge in [0.15, 0.2) is 0 Å². The first kappa shape index (κ1) is 13.9. The Balaban J connectivity index is 2.08. The summed E-state index contributed by atoms with van der Waals surface area (Å²) in [5.41, 5.74) is 8.77. The number of aryl methyl sites for hydroxylation is 1. The smallest absolute Gasteiger partial charge is 0.123 e. The Morgan fingerprint density at radius 2 is 1.95 bits per heavy atom.